The lowest BCUT2D eigenvalue weighted by Gasteiger charge is -2.32. The maximum absolute atomic E-state index is 13.1. The minimum absolute atomic E-state index is 0.0705. The van der Waals surface area contributed by atoms with E-state index in [0.29, 0.717) is 12.1 Å². The van der Waals surface area contributed by atoms with Crippen LogP contribution in [0.25, 0.3) is 0 Å². The molecule has 1 N–H and O–H groups in total. The molecule has 1 atom stereocenters. The van der Waals surface area contributed by atoms with E-state index in [1.165, 1.54) is 16.4 Å². The van der Waals surface area contributed by atoms with E-state index in [9.17, 15) is 21.6 Å². The Morgan fingerprint density at radius 2 is 1.75 bits per heavy atom. The number of hydrogen-bond acceptors (Lipinski definition) is 5. The number of nitrogens with zero attached hydrogens (tertiary/aromatic N) is 1. The number of rotatable bonds is 8. The van der Waals surface area contributed by atoms with Crippen molar-refractivity contribution in [2.45, 2.75) is 55.4 Å². The van der Waals surface area contributed by atoms with Gasteiger partial charge in [0.1, 0.15) is 0 Å². The van der Waals surface area contributed by atoms with Crippen LogP contribution >= 0.6 is 0 Å². The monoisotopic (exact) mass is 478 g/mol. The lowest BCUT2D eigenvalue weighted by molar-refractivity contribution is 0.0953. The van der Waals surface area contributed by atoms with Crippen molar-refractivity contribution in [3.8, 4) is 0 Å². The Bertz CT molecular complexity index is 1160. The summed E-state index contributed by atoms with van der Waals surface area (Å²) >= 11 is 0. The fourth-order valence-corrected chi connectivity index (χ4v) is 6.93. The van der Waals surface area contributed by atoms with Gasteiger partial charge in [0.05, 0.1) is 15.5 Å². The maximum Gasteiger partial charge on any atom is 0.251 e. The van der Waals surface area contributed by atoms with Crippen molar-refractivity contribution in [2.75, 3.05) is 18.8 Å². The first-order valence-corrected chi connectivity index (χ1v) is 13.9. The van der Waals surface area contributed by atoms with Gasteiger partial charge >= 0.3 is 0 Å². The van der Waals surface area contributed by atoms with Crippen LogP contribution in [0, 0.1) is 6.92 Å². The Hall–Kier alpha value is -2.23. The highest BCUT2D eigenvalue weighted by Gasteiger charge is 2.31. The van der Waals surface area contributed by atoms with E-state index in [1.807, 2.05) is 6.92 Å². The van der Waals surface area contributed by atoms with Crippen molar-refractivity contribution in [1.82, 2.24) is 9.62 Å². The average molecular weight is 479 g/mol. The van der Waals surface area contributed by atoms with Gasteiger partial charge in [0.2, 0.25) is 10.0 Å². The Kier molecular flexibility index (Phi) is 7.74. The van der Waals surface area contributed by atoms with Gasteiger partial charge in [-0.15, -0.1) is 0 Å². The summed E-state index contributed by atoms with van der Waals surface area (Å²) in [7, 11) is -7.10. The van der Waals surface area contributed by atoms with E-state index >= 15 is 0 Å². The van der Waals surface area contributed by atoms with Gasteiger partial charge in [-0.25, -0.2) is 16.8 Å². The molecule has 1 amide bonds. The number of nitrogens with one attached hydrogen (secondary N) is 1. The zero-order valence-electron chi connectivity index (χ0n) is 18.5. The molecule has 32 heavy (non-hydrogen) atoms. The quantitative estimate of drug-likeness (QED) is 0.588. The summed E-state index contributed by atoms with van der Waals surface area (Å²) < 4.78 is 52.4. The molecule has 174 valence electrons. The van der Waals surface area contributed by atoms with Crippen molar-refractivity contribution in [3.63, 3.8) is 0 Å². The number of hydrogen-bond donors (Lipinski definition) is 1. The molecule has 1 saturated heterocycles. The second kappa shape index (κ2) is 10.1. The van der Waals surface area contributed by atoms with Crippen molar-refractivity contribution >= 4 is 25.8 Å². The Morgan fingerprint density at radius 1 is 1.03 bits per heavy atom. The van der Waals surface area contributed by atoms with E-state index in [-0.39, 0.29) is 40.1 Å². The molecule has 2 aromatic carbocycles. The van der Waals surface area contributed by atoms with E-state index in [4.69, 9.17) is 0 Å². The highest BCUT2D eigenvalue weighted by molar-refractivity contribution is 7.91. The van der Waals surface area contributed by atoms with Crippen LogP contribution in [0.5, 0.6) is 0 Å². The molecular weight excluding hydrogens is 448 g/mol. The molecule has 3 rings (SSSR count). The number of carbonyl (C=O) groups excluding carboxylic acids is 1. The highest BCUT2D eigenvalue weighted by atomic mass is 32.2. The number of carbonyl (C=O) groups is 1. The van der Waals surface area contributed by atoms with Crippen molar-refractivity contribution in [1.29, 1.82) is 0 Å². The van der Waals surface area contributed by atoms with Crippen LogP contribution in [-0.2, 0) is 19.9 Å². The fraction of sp³-hybridized carbons (Fsp3) is 0.435. The normalized spacial score (nSPS) is 17.8. The van der Waals surface area contributed by atoms with Crippen molar-refractivity contribution < 1.29 is 21.6 Å². The number of piperidine rings is 1. The maximum atomic E-state index is 13.1. The molecule has 1 unspecified atom stereocenters. The minimum atomic E-state index is -3.69. The zero-order chi connectivity index (χ0) is 23.4. The summed E-state index contributed by atoms with van der Waals surface area (Å²) in [6.07, 6.45) is 2.92. The molecule has 1 fully saturated rings. The third-order valence-electron chi connectivity index (χ3n) is 5.78. The SMILES string of the molecule is Cc1ccc(S(=O)(=O)N2CCCCC2C)cc1C(=O)NCCCS(=O)(=O)c1ccccc1. The van der Waals surface area contributed by atoms with E-state index in [0.717, 1.165) is 19.3 Å². The minimum Gasteiger partial charge on any atom is -0.352 e. The summed E-state index contributed by atoms with van der Waals surface area (Å²) in [6.45, 7) is 4.30. The lowest BCUT2D eigenvalue weighted by atomic mass is 10.1. The molecule has 0 spiro atoms. The van der Waals surface area contributed by atoms with Gasteiger partial charge in [0.15, 0.2) is 9.84 Å². The molecule has 2 aromatic rings. The van der Waals surface area contributed by atoms with Crippen molar-refractivity contribution in [3.05, 3.63) is 59.7 Å². The summed E-state index contributed by atoms with van der Waals surface area (Å²) in [5.41, 5.74) is 0.937. The second-order valence-corrected chi connectivity index (χ2v) is 12.2. The highest BCUT2D eigenvalue weighted by Crippen LogP contribution is 2.26. The van der Waals surface area contributed by atoms with Gasteiger partial charge in [0, 0.05) is 24.7 Å². The van der Waals surface area contributed by atoms with Gasteiger partial charge in [-0.05, 0) is 62.9 Å². The topological polar surface area (TPSA) is 101 Å². The van der Waals surface area contributed by atoms with Gasteiger partial charge in [0.25, 0.3) is 5.91 Å². The van der Waals surface area contributed by atoms with Crippen LogP contribution in [0.15, 0.2) is 58.3 Å². The third-order valence-corrected chi connectivity index (χ3v) is 9.61. The summed E-state index contributed by atoms with van der Waals surface area (Å²) in [5, 5.41) is 2.72. The number of benzene rings is 2. The molecule has 1 heterocycles. The van der Waals surface area contributed by atoms with Crippen LogP contribution < -0.4 is 5.32 Å². The van der Waals surface area contributed by atoms with Crippen LogP contribution in [0.4, 0.5) is 0 Å². The first-order chi connectivity index (χ1) is 15.1. The molecule has 9 heteroatoms. The first kappa shape index (κ1) is 24.4. The van der Waals surface area contributed by atoms with Crippen LogP contribution in [0.2, 0.25) is 0 Å². The predicted octanol–water partition coefficient (Wildman–Crippen LogP) is 3.15. The van der Waals surface area contributed by atoms with Gasteiger partial charge in [-0.2, -0.15) is 4.31 Å². The Labute approximate surface area is 190 Å². The largest absolute Gasteiger partial charge is 0.352 e. The van der Waals surface area contributed by atoms with Crippen LogP contribution in [-0.4, -0.2) is 51.9 Å². The summed E-state index contributed by atoms with van der Waals surface area (Å²) in [6, 6.07) is 12.7. The number of amides is 1. The average Bonchev–Trinajstić information content (AvgIpc) is 2.77. The standard InChI is InChI=1S/C23H30N2O5S2/c1-18-12-13-21(32(29,30)25-15-7-6-9-19(25)2)17-22(18)23(26)24-14-8-16-31(27,28)20-10-4-3-5-11-20/h3-5,10-13,17,19H,6-9,14-16H2,1-2H3,(H,24,26). The lowest BCUT2D eigenvalue weighted by Crippen LogP contribution is -2.42. The van der Waals surface area contributed by atoms with Crippen molar-refractivity contribution in [2.24, 2.45) is 0 Å². The Balaban J connectivity index is 1.66. The van der Waals surface area contributed by atoms with Crippen LogP contribution in [0.3, 0.4) is 0 Å². The smallest absolute Gasteiger partial charge is 0.251 e. The molecule has 0 aromatic heterocycles. The van der Waals surface area contributed by atoms with Gasteiger partial charge in [-0.3, -0.25) is 4.79 Å². The first-order valence-electron chi connectivity index (χ1n) is 10.8. The number of aryl methyl sites for hydroxylation is 1. The number of sulfonamides is 1. The molecule has 1 aliphatic rings. The summed E-state index contributed by atoms with van der Waals surface area (Å²) in [5.74, 6) is -0.499. The van der Waals surface area contributed by atoms with E-state index in [2.05, 4.69) is 5.32 Å². The molecular formula is C23H30N2O5S2. The molecule has 7 nitrogen and oxygen atoms in total. The molecule has 0 aliphatic carbocycles. The Morgan fingerprint density at radius 3 is 2.44 bits per heavy atom. The van der Waals surface area contributed by atoms with Crippen LogP contribution in [0.1, 0.15) is 48.5 Å². The molecule has 0 bridgehead atoms. The predicted molar refractivity (Wildman–Crippen MR) is 124 cm³/mol. The van der Waals surface area contributed by atoms with E-state index < -0.39 is 25.8 Å². The second-order valence-electron chi connectivity index (χ2n) is 8.18. The van der Waals surface area contributed by atoms with Gasteiger partial charge in [-0.1, -0.05) is 30.7 Å². The fourth-order valence-electron chi connectivity index (χ4n) is 3.88. The van der Waals surface area contributed by atoms with E-state index in [1.54, 1.807) is 43.3 Å². The zero-order valence-corrected chi connectivity index (χ0v) is 20.1. The molecule has 1 aliphatic heterocycles. The third kappa shape index (κ3) is 5.57. The summed E-state index contributed by atoms with van der Waals surface area (Å²) in [4.78, 5) is 13.1. The molecule has 0 saturated carbocycles. The molecule has 0 radical (unpaired) electrons. The van der Waals surface area contributed by atoms with Gasteiger partial charge < -0.3 is 5.32 Å². The number of sulfone groups is 1.